The molecule has 0 spiro atoms. The Balaban J connectivity index is 0.000000810. The third-order valence-corrected chi connectivity index (χ3v) is 1.28. The predicted octanol–water partition coefficient (Wildman–Crippen LogP) is 1.90. The van der Waals surface area contributed by atoms with Crippen LogP contribution in [0.1, 0.15) is 18.6 Å². The van der Waals surface area contributed by atoms with Gasteiger partial charge < -0.3 is 11.3 Å². The van der Waals surface area contributed by atoms with Crippen molar-refractivity contribution in [3.8, 4) is 0 Å². The summed E-state index contributed by atoms with van der Waals surface area (Å²) >= 11 is 0. The second-order valence-corrected chi connectivity index (χ2v) is 2.09. The number of hydrogen-bond acceptors (Lipinski definition) is 2. The third kappa shape index (κ3) is 2.17. The maximum absolute atomic E-state index is 9.02. The molecule has 2 heteroatoms. The zero-order valence-electron chi connectivity index (χ0n) is 6.12. The van der Waals surface area contributed by atoms with Crippen LogP contribution >= 0.6 is 0 Å². The second-order valence-electron chi connectivity index (χ2n) is 2.09. The van der Waals surface area contributed by atoms with Crippen molar-refractivity contribution in [1.82, 2.24) is 6.15 Å². The monoisotopic (exact) mass is 139 g/mol. The molecule has 1 aromatic rings. The van der Waals surface area contributed by atoms with Gasteiger partial charge in [0.2, 0.25) is 0 Å². The first kappa shape index (κ1) is 9.14. The highest BCUT2D eigenvalue weighted by atomic mass is 16.3. The summed E-state index contributed by atoms with van der Waals surface area (Å²) in [5.41, 5.74) is 0.970. The van der Waals surface area contributed by atoms with Crippen molar-refractivity contribution in [2.75, 3.05) is 0 Å². The number of hydrogen-bond donors (Lipinski definition) is 2. The molecule has 0 heterocycles. The van der Waals surface area contributed by atoms with Gasteiger partial charge in [0.05, 0.1) is 6.10 Å². The van der Waals surface area contributed by atoms with E-state index in [2.05, 4.69) is 0 Å². The molecule has 0 aromatic heterocycles. The van der Waals surface area contributed by atoms with Gasteiger partial charge in [-0.2, -0.15) is 0 Å². The van der Waals surface area contributed by atoms with Crippen LogP contribution in [0.15, 0.2) is 30.3 Å². The molecule has 0 aliphatic rings. The van der Waals surface area contributed by atoms with E-state index in [1.807, 2.05) is 30.3 Å². The summed E-state index contributed by atoms with van der Waals surface area (Å²) in [7, 11) is 0. The first-order valence-corrected chi connectivity index (χ1v) is 3.03. The molecule has 0 fully saturated rings. The minimum Gasteiger partial charge on any atom is -0.389 e. The summed E-state index contributed by atoms with van der Waals surface area (Å²) in [4.78, 5) is 0. The highest BCUT2D eigenvalue weighted by Gasteiger charge is 1.95. The molecule has 0 saturated heterocycles. The van der Waals surface area contributed by atoms with Gasteiger partial charge in [-0.05, 0) is 12.5 Å². The summed E-state index contributed by atoms with van der Waals surface area (Å²) in [6.07, 6.45) is -0.341. The Labute approximate surface area is 61.1 Å². The molecule has 0 amide bonds. The first-order valence-electron chi connectivity index (χ1n) is 3.03. The van der Waals surface area contributed by atoms with Crippen LogP contribution in [0.5, 0.6) is 0 Å². The maximum atomic E-state index is 9.02. The Morgan fingerprint density at radius 2 is 1.70 bits per heavy atom. The van der Waals surface area contributed by atoms with Crippen molar-refractivity contribution in [3.05, 3.63) is 35.9 Å². The lowest BCUT2D eigenvalue weighted by Gasteiger charge is -2.00. The van der Waals surface area contributed by atoms with Gasteiger partial charge in [-0.25, -0.2) is 0 Å². The Kier molecular flexibility index (Phi) is 3.69. The lowest BCUT2D eigenvalue weighted by molar-refractivity contribution is 0.199. The van der Waals surface area contributed by atoms with E-state index in [0.717, 1.165) is 5.56 Å². The Morgan fingerprint density at radius 1 is 1.20 bits per heavy atom. The molecular formula is C8H13NO. The van der Waals surface area contributed by atoms with Crippen LogP contribution in [-0.4, -0.2) is 5.11 Å². The standard InChI is InChI=1S/C8H10O.H3N/c1-7(9)8-5-3-2-4-6-8;/h2-7,9H,1H3;1H3/t7-;/m0./s1. The Hall–Kier alpha value is -0.860. The van der Waals surface area contributed by atoms with Crippen LogP contribution in [0.3, 0.4) is 0 Å². The van der Waals surface area contributed by atoms with Crippen molar-refractivity contribution >= 4 is 0 Å². The molecule has 56 valence electrons. The molecule has 0 bridgehead atoms. The van der Waals surface area contributed by atoms with Crippen molar-refractivity contribution in [2.45, 2.75) is 13.0 Å². The van der Waals surface area contributed by atoms with Gasteiger partial charge in [0.25, 0.3) is 0 Å². The van der Waals surface area contributed by atoms with Gasteiger partial charge >= 0.3 is 0 Å². The molecule has 0 aliphatic heterocycles. The molecule has 2 nitrogen and oxygen atoms in total. The van der Waals surface area contributed by atoms with Gasteiger partial charge in [-0.1, -0.05) is 30.3 Å². The largest absolute Gasteiger partial charge is 0.389 e. The summed E-state index contributed by atoms with van der Waals surface area (Å²) < 4.78 is 0. The summed E-state index contributed by atoms with van der Waals surface area (Å²) in [5, 5.41) is 9.02. The molecule has 4 N–H and O–H groups in total. The topological polar surface area (TPSA) is 55.2 Å². The van der Waals surface area contributed by atoms with Gasteiger partial charge in [-0.15, -0.1) is 0 Å². The summed E-state index contributed by atoms with van der Waals surface area (Å²) in [5.74, 6) is 0. The van der Waals surface area contributed by atoms with Crippen molar-refractivity contribution in [3.63, 3.8) is 0 Å². The van der Waals surface area contributed by atoms with Gasteiger partial charge in [0.15, 0.2) is 0 Å². The zero-order chi connectivity index (χ0) is 6.69. The second kappa shape index (κ2) is 4.04. The van der Waals surface area contributed by atoms with Crippen LogP contribution in [0.2, 0.25) is 0 Å². The number of rotatable bonds is 1. The predicted molar refractivity (Wildman–Crippen MR) is 42.1 cm³/mol. The number of aliphatic hydroxyl groups excluding tert-OH is 1. The fourth-order valence-corrected chi connectivity index (χ4v) is 0.732. The highest BCUT2D eigenvalue weighted by Crippen LogP contribution is 2.08. The minimum atomic E-state index is -0.341. The average Bonchev–Trinajstić information content (AvgIpc) is 1.90. The van der Waals surface area contributed by atoms with Crippen LogP contribution in [0.4, 0.5) is 0 Å². The molecule has 1 aromatic carbocycles. The van der Waals surface area contributed by atoms with E-state index in [1.54, 1.807) is 6.92 Å². The fraction of sp³-hybridized carbons (Fsp3) is 0.250. The zero-order valence-corrected chi connectivity index (χ0v) is 6.12. The fourth-order valence-electron chi connectivity index (χ4n) is 0.732. The summed E-state index contributed by atoms with van der Waals surface area (Å²) in [6, 6.07) is 9.59. The average molecular weight is 139 g/mol. The van der Waals surface area contributed by atoms with E-state index in [9.17, 15) is 0 Å². The van der Waals surface area contributed by atoms with E-state index < -0.39 is 0 Å². The lowest BCUT2D eigenvalue weighted by Crippen LogP contribution is -1.87. The van der Waals surface area contributed by atoms with E-state index in [0.29, 0.717) is 0 Å². The van der Waals surface area contributed by atoms with Crippen LogP contribution < -0.4 is 6.15 Å². The molecule has 0 radical (unpaired) electrons. The van der Waals surface area contributed by atoms with E-state index in [-0.39, 0.29) is 12.3 Å². The van der Waals surface area contributed by atoms with Crippen LogP contribution in [0.25, 0.3) is 0 Å². The molecule has 0 unspecified atom stereocenters. The van der Waals surface area contributed by atoms with Gasteiger partial charge in [-0.3, -0.25) is 0 Å². The van der Waals surface area contributed by atoms with Crippen LogP contribution in [0, 0.1) is 0 Å². The van der Waals surface area contributed by atoms with Gasteiger partial charge in [0, 0.05) is 0 Å². The molecule has 0 aliphatic carbocycles. The van der Waals surface area contributed by atoms with Crippen molar-refractivity contribution < 1.29 is 5.11 Å². The maximum Gasteiger partial charge on any atom is 0.0761 e. The van der Waals surface area contributed by atoms with Crippen LogP contribution in [-0.2, 0) is 0 Å². The highest BCUT2D eigenvalue weighted by molar-refractivity contribution is 5.16. The number of benzene rings is 1. The molecule has 1 atom stereocenters. The molecule has 0 saturated carbocycles. The normalized spacial score (nSPS) is 11.8. The van der Waals surface area contributed by atoms with Gasteiger partial charge in [0.1, 0.15) is 0 Å². The van der Waals surface area contributed by atoms with E-state index in [4.69, 9.17) is 5.11 Å². The quantitative estimate of drug-likeness (QED) is 0.624. The Morgan fingerprint density at radius 3 is 2.00 bits per heavy atom. The first-order chi connectivity index (χ1) is 4.30. The lowest BCUT2D eigenvalue weighted by atomic mass is 10.1. The Bertz CT molecular complexity index is 172. The third-order valence-electron chi connectivity index (χ3n) is 1.28. The SMILES string of the molecule is C[C@H](O)c1ccccc1.N. The molecule has 10 heavy (non-hydrogen) atoms. The smallest absolute Gasteiger partial charge is 0.0761 e. The minimum absolute atomic E-state index is 0. The van der Waals surface area contributed by atoms with E-state index >= 15 is 0 Å². The van der Waals surface area contributed by atoms with Crippen molar-refractivity contribution in [1.29, 1.82) is 0 Å². The van der Waals surface area contributed by atoms with E-state index in [1.165, 1.54) is 0 Å². The molecule has 1 rings (SSSR count). The molecular weight excluding hydrogens is 126 g/mol. The summed E-state index contributed by atoms with van der Waals surface area (Å²) in [6.45, 7) is 1.76. The van der Waals surface area contributed by atoms with Crippen molar-refractivity contribution in [2.24, 2.45) is 0 Å². The number of aliphatic hydroxyl groups is 1.